The predicted octanol–water partition coefficient (Wildman–Crippen LogP) is 3.62. The van der Waals surface area contributed by atoms with Gasteiger partial charge in [0, 0.05) is 17.0 Å². The van der Waals surface area contributed by atoms with Crippen LogP contribution in [0.1, 0.15) is 35.8 Å². The maximum absolute atomic E-state index is 14.6. The lowest BCUT2D eigenvalue weighted by Gasteiger charge is -2.09. The Morgan fingerprint density at radius 1 is 1.26 bits per heavy atom. The standard InChI is InChI=1S/C21H21FN6O2S/c1-2-30-19-12-23-11-18(27-19)13-3-6-16(17(22)9-13)20(29)25-10-14-7-8-24-21(26-14)28-31-15-4-5-15/h3,6-9,11-12,15H,2,4-5,10H2,1H3,(H,25,29)(H,24,26,28). The summed E-state index contributed by atoms with van der Waals surface area (Å²) in [7, 11) is 0. The molecule has 1 fully saturated rings. The number of amides is 1. The molecule has 2 heterocycles. The smallest absolute Gasteiger partial charge is 0.254 e. The number of nitrogens with zero attached hydrogens (tertiary/aromatic N) is 4. The Kier molecular flexibility index (Phi) is 6.56. The SMILES string of the molecule is CCOc1cncc(-c2ccc(C(=O)NCc3ccnc(NSC4CC4)n3)c(F)c2)n1. The van der Waals surface area contributed by atoms with Crippen LogP contribution in [-0.4, -0.2) is 37.7 Å². The molecular formula is C21H21FN6O2S. The molecule has 0 spiro atoms. The van der Waals surface area contributed by atoms with Crippen molar-refractivity contribution in [1.29, 1.82) is 0 Å². The summed E-state index contributed by atoms with van der Waals surface area (Å²) in [6.07, 6.45) is 7.02. The minimum atomic E-state index is -0.649. The molecule has 2 N–H and O–H groups in total. The quantitative estimate of drug-likeness (QED) is 0.487. The third-order valence-corrected chi connectivity index (χ3v) is 5.50. The van der Waals surface area contributed by atoms with Gasteiger partial charge in [0.2, 0.25) is 11.8 Å². The molecule has 1 amide bonds. The molecule has 0 unspecified atom stereocenters. The predicted molar refractivity (Wildman–Crippen MR) is 116 cm³/mol. The van der Waals surface area contributed by atoms with Gasteiger partial charge in [0.15, 0.2) is 0 Å². The van der Waals surface area contributed by atoms with Crippen molar-refractivity contribution < 1.29 is 13.9 Å². The summed E-state index contributed by atoms with van der Waals surface area (Å²) in [4.78, 5) is 29.3. The van der Waals surface area contributed by atoms with Gasteiger partial charge in [-0.3, -0.25) is 14.5 Å². The van der Waals surface area contributed by atoms with Gasteiger partial charge < -0.3 is 10.1 Å². The fraction of sp³-hybridized carbons (Fsp3) is 0.286. The minimum Gasteiger partial charge on any atom is -0.477 e. The Balaban J connectivity index is 1.39. The lowest BCUT2D eigenvalue weighted by molar-refractivity contribution is 0.0946. The molecule has 8 nitrogen and oxygen atoms in total. The Bertz CT molecular complexity index is 1080. The van der Waals surface area contributed by atoms with Crippen LogP contribution in [0.4, 0.5) is 10.3 Å². The van der Waals surface area contributed by atoms with Gasteiger partial charge in [0.1, 0.15) is 5.82 Å². The van der Waals surface area contributed by atoms with E-state index < -0.39 is 11.7 Å². The van der Waals surface area contributed by atoms with Gasteiger partial charge in [-0.05, 0) is 49.9 Å². The number of halogens is 1. The summed E-state index contributed by atoms with van der Waals surface area (Å²) in [6, 6.07) is 6.01. The van der Waals surface area contributed by atoms with Crippen molar-refractivity contribution >= 4 is 23.8 Å². The molecule has 0 atom stereocenters. The summed E-state index contributed by atoms with van der Waals surface area (Å²) < 4.78 is 23.1. The molecule has 0 bridgehead atoms. The van der Waals surface area contributed by atoms with Crippen LogP contribution in [0.2, 0.25) is 0 Å². The first-order chi connectivity index (χ1) is 15.1. The van der Waals surface area contributed by atoms with Crippen molar-refractivity contribution in [2.45, 2.75) is 31.6 Å². The van der Waals surface area contributed by atoms with Crippen LogP contribution >= 0.6 is 11.9 Å². The van der Waals surface area contributed by atoms with Crippen LogP contribution in [0.15, 0.2) is 42.9 Å². The highest BCUT2D eigenvalue weighted by Crippen LogP contribution is 2.33. The van der Waals surface area contributed by atoms with E-state index in [4.69, 9.17) is 4.74 Å². The molecule has 160 valence electrons. The molecule has 4 rings (SSSR count). The number of hydrogen-bond acceptors (Lipinski definition) is 8. The molecule has 0 saturated heterocycles. The molecular weight excluding hydrogens is 419 g/mol. The Morgan fingerprint density at radius 3 is 2.90 bits per heavy atom. The van der Waals surface area contributed by atoms with Crippen molar-refractivity contribution in [3.8, 4) is 17.1 Å². The van der Waals surface area contributed by atoms with E-state index >= 15 is 0 Å². The number of ether oxygens (including phenoxy) is 1. The molecule has 1 aromatic carbocycles. The van der Waals surface area contributed by atoms with E-state index in [-0.39, 0.29) is 12.1 Å². The maximum atomic E-state index is 14.6. The lowest BCUT2D eigenvalue weighted by Crippen LogP contribution is -2.24. The highest BCUT2D eigenvalue weighted by Gasteiger charge is 2.22. The number of nitrogens with one attached hydrogen (secondary N) is 2. The second-order valence-electron chi connectivity index (χ2n) is 6.84. The van der Waals surface area contributed by atoms with Gasteiger partial charge >= 0.3 is 0 Å². The molecule has 1 saturated carbocycles. The summed E-state index contributed by atoms with van der Waals surface area (Å²) in [5.74, 6) is -0.325. The monoisotopic (exact) mass is 440 g/mol. The van der Waals surface area contributed by atoms with Gasteiger partial charge in [0.05, 0.1) is 42.5 Å². The van der Waals surface area contributed by atoms with Crippen molar-refractivity contribution in [1.82, 2.24) is 25.3 Å². The Labute approximate surface area is 183 Å². The van der Waals surface area contributed by atoms with E-state index in [2.05, 4.69) is 30.0 Å². The molecule has 1 aliphatic rings. The first kappa shape index (κ1) is 21.0. The summed E-state index contributed by atoms with van der Waals surface area (Å²) in [5.41, 5.74) is 1.53. The second kappa shape index (κ2) is 9.69. The molecule has 31 heavy (non-hydrogen) atoms. The molecule has 0 radical (unpaired) electrons. The summed E-state index contributed by atoms with van der Waals surface area (Å²) >= 11 is 1.60. The van der Waals surface area contributed by atoms with Crippen LogP contribution in [0.3, 0.4) is 0 Å². The van der Waals surface area contributed by atoms with Crippen LogP contribution in [0, 0.1) is 5.82 Å². The van der Waals surface area contributed by atoms with E-state index in [1.54, 1.807) is 30.3 Å². The number of anilines is 1. The zero-order valence-electron chi connectivity index (χ0n) is 16.8. The normalized spacial score (nSPS) is 13.0. The zero-order chi connectivity index (χ0) is 21.6. The number of aromatic nitrogens is 4. The lowest BCUT2D eigenvalue weighted by atomic mass is 10.1. The molecule has 0 aliphatic heterocycles. The van der Waals surface area contributed by atoms with E-state index in [1.807, 2.05) is 6.92 Å². The van der Waals surface area contributed by atoms with Crippen LogP contribution in [0.25, 0.3) is 11.3 Å². The van der Waals surface area contributed by atoms with Crippen molar-refractivity contribution in [2.75, 3.05) is 11.3 Å². The third-order valence-electron chi connectivity index (χ3n) is 4.40. The number of benzene rings is 1. The highest BCUT2D eigenvalue weighted by atomic mass is 32.2. The second-order valence-corrected chi connectivity index (χ2v) is 7.95. The first-order valence-corrected chi connectivity index (χ1v) is 10.8. The average Bonchev–Trinajstić information content (AvgIpc) is 3.61. The van der Waals surface area contributed by atoms with E-state index in [0.29, 0.717) is 40.6 Å². The van der Waals surface area contributed by atoms with Crippen LogP contribution in [0.5, 0.6) is 5.88 Å². The fourth-order valence-corrected chi connectivity index (χ4v) is 3.44. The number of rotatable bonds is 9. The van der Waals surface area contributed by atoms with E-state index in [9.17, 15) is 9.18 Å². The van der Waals surface area contributed by atoms with Gasteiger partial charge in [-0.2, -0.15) is 0 Å². The summed E-state index contributed by atoms with van der Waals surface area (Å²) in [5, 5.41) is 3.31. The zero-order valence-corrected chi connectivity index (χ0v) is 17.7. The molecule has 1 aliphatic carbocycles. The van der Waals surface area contributed by atoms with Gasteiger partial charge in [0.25, 0.3) is 5.91 Å². The topological polar surface area (TPSA) is 102 Å². The van der Waals surface area contributed by atoms with Crippen molar-refractivity contribution in [2.24, 2.45) is 0 Å². The van der Waals surface area contributed by atoms with Crippen LogP contribution < -0.4 is 14.8 Å². The van der Waals surface area contributed by atoms with E-state index in [1.165, 1.54) is 37.4 Å². The summed E-state index contributed by atoms with van der Waals surface area (Å²) in [6.45, 7) is 2.45. The van der Waals surface area contributed by atoms with Gasteiger partial charge in [-0.25, -0.2) is 19.3 Å². The Morgan fingerprint density at radius 2 is 2.13 bits per heavy atom. The number of carbonyl (C=O) groups excluding carboxylic acids is 1. The maximum Gasteiger partial charge on any atom is 0.254 e. The minimum absolute atomic E-state index is 0.0608. The third kappa shape index (κ3) is 5.66. The molecule has 10 heteroatoms. The van der Waals surface area contributed by atoms with Gasteiger partial charge in [-0.1, -0.05) is 6.07 Å². The first-order valence-electron chi connectivity index (χ1n) is 9.89. The van der Waals surface area contributed by atoms with Crippen molar-refractivity contribution in [3.05, 3.63) is 59.9 Å². The van der Waals surface area contributed by atoms with Crippen molar-refractivity contribution in [3.63, 3.8) is 0 Å². The number of hydrogen-bond donors (Lipinski definition) is 2. The Hall–Kier alpha value is -3.27. The largest absolute Gasteiger partial charge is 0.477 e. The molecule has 2 aromatic heterocycles. The fourth-order valence-electron chi connectivity index (χ4n) is 2.69. The highest BCUT2D eigenvalue weighted by molar-refractivity contribution is 8.01. The van der Waals surface area contributed by atoms with E-state index in [0.717, 1.165) is 0 Å². The average molecular weight is 441 g/mol. The van der Waals surface area contributed by atoms with Crippen LogP contribution in [-0.2, 0) is 6.54 Å². The van der Waals surface area contributed by atoms with Gasteiger partial charge in [-0.15, -0.1) is 0 Å². The number of carbonyl (C=O) groups is 1. The molecule has 3 aromatic rings.